The molecule has 0 aliphatic carbocycles. The molecular weight excluding hydrogens is 568 g/mol. The van der Waals surface area contributed by atoms with Gasteiger partial charge in [-0.15, -0.1) is 13.2 Å². The number of para-hydroxylation sites is 1. The highest BCUT2D eigenvalue weighted by Gasteiger charge is 2.80. The normalized spacial score (nSPS) is 28.9. The van der Waals surface area contributed by atoms with Gasteiger partial charge in [0.1, 0.15) is 17.6 Å². The zero-order valence-corrected chi connectivity index (χ0v) is 26.9. The number of nitrogens with zero attached hydrogens (tertiary/aromatic N) is 2. The van der Waals surface area contributed by atoms with E-state index in [4.69, 9.17) is 9.47 Å². The second-order valence-electron chi connectivity index (χ2n) is 13.1. The third kappa shape index (κ3) is 5.42. The minimum atomic E-state index is -1.27. The first-order valence-corrected chi connectivity index (χ1v) is 16.0. The van der Waals surface area contributed by atoms with E-state index in [1.807, 2.05) is 76.2 Å². The van der Waals surface area contributed by atoms with E-state index in [2.05, 4.69) is 13.2 Å². The number of unbranched alkanes of at least 4 members (excludes halogenated alkanes) is 1. The van der Waals surface area contributed by atoms with Crippen LogP contribution < -0.4 is 4.90 Å². The van der Waals surface area contributed by atoms with Crippen molar-refractivity contribution in [2.45, 2.75) is 76.7 Å². The Kier molecular flexibility index (Phi) is 9.38. The molecular formula is C37H46N2O6. The van der Waals surface area contributed by atoms with E-state index in [9.17, 15) is 14.7 Å². The second kappa shape index (κ2) is 12.9. The summed E-state index contributed by atoms with van der Waals surface area (Å²) in [6, 6.07) is 13.7. The number of hydrogen-bond donors (Lipinski definition) is 1. The summed E-state index contributed by atoms with van der Waals surface area (Å²) in [5, 5.41) is 10.8. The number of carbonyl (C=O) groups excluding carboxylic acids is 3. The number of anilines is 1. The van der Waals surface area contributed by atoms with Gasteiger partial charge in [0.25, 0.3) is 5.91 Å². The molecule has 240 valence electrons. The number of ether oxygens (including phenoxy) is 2. The van der Waals surface area contributed by atoms with E-state index in [-0.39, 0.29) is 37.5 Å². The molecule has 3 fully saturated rings. The number of hydrogen-bond acceptors (Lipinski definition) is 6. The van der Waals surface area contributed by atoms with E-state index < -0.39 is 41.1 Å². The number of likely N-dealkylation sites (tertiary alicyclic amines) is 1. The molecule has 8 heteroatoms. The molecule has 2 bridgehead atoms. The highest BCUT2D eigenvalue weighted by atomic mass is 16.6. The van der Waals surface area contributed by atoms with Gasteiger partial charge in [-0.1, -0.05) is 67.6 Å². The quantitative estimate of drug-likeness (QED) is 0.195. The fraction of sp³-hybridized carbons (Fsp3) is 0.486. The number of esters is 1. The van der Waals surface area contributed by atoms with Gasteiger partial charge in [-0.05, 0) is 69.1 Å². The summed E-state index contributed by atoms with van der Waals surface area (Å²) in [5.74, 6) is -3.09. The number of amides is 2. The van der Waals surface area contributed by atoms with Crippen LogP contribution in [-0.4, -0.2) is 70.8 Å². The molecule has 1 N–H and O–H groups in total. The zero-order chi connectivity index (χ0) is 32.5. The first kappa shape index (κ1) is 32.6. The Morgan fingerprint density at radius 3 is 2.44 bits per heavy atom. The Morgan fingerprint density at radius 2 is 1.82 bits per heavy atom. The van der Waals surface area contributed by atoms with E-state index in [0.717, 1.165) is 22.4 Å². The summed E-state index contributed by atoms with van der Waals surface area (Å²) in [6.07, 6.45) is 5.54. The molecule has 3 aliphatic heterocycles. The standard InChI is InChI=1S/C37H46N2O6/c1-7-9-13-20-44-35(43)30-29-33(41)39(28(23-40)21-27-17-11-10-12-18-27)32(37(29)22-26(5)36(30,6)45-37)34(42)38(19-8-2)31-24(3)15-14-16-25(31)4/h7-8,10-12,14-18,26,28-30,32,40H,1-2,9,13,19-23H2,3-6H3/t26?,28-,29+,30+,32?,36-,37?/m1/s1. The summed E-state index contributed by atoms with van der Waals surface area (Å²) in [5.41, 5.74) is 1.24. The molecule has 2 aromatic rings. The molecule has 8 nitrogen and oxygen atoms in total. The highest BCUT2D eigenvalue weighted by Crippen LogP contribution is 2.65. The molecule has 5 rings (SSSR count). The molecule has 45 heavy (non-hydrogen) atoms. The number of carbonyl (C=O) groups is 3. The van der Waals surface area contributed by atoms with Crippen LogP contribution in [0.25, 0.3) is 0 Å². The highest BCUT2D eigenvalue weighted by molar-refractivity contribution is 6.05. The summed E-state index contributed by atoms with van der Waals surface area (Å²) in [7, 11) is 0. The van der Waals surface area contributed by atoms with E-state index in [1.165, 1.54) is 0 Å². The number of fused-ring (bicyclic) bond motifs is 1. The lowest BCUT2D eigenvalue weighted by molar-refractivity contribution is -0.162. The van der Waals surface area contributed by atoms with Gasteiger partial charge >= 0.3 is 5.97 Å². The lowest BCUT2D eigenvalue weighted by Crippen LogP contribution is -2.59. The van der Waals surface area contributed by atoms with Crippen LogP contribution in [0.1, 0.15) is 49.8 Å². The minimum absolute atomic E-state index is 0.128. The van der Waals surface area contributed by atoms with Crippen molar-refractivity contribution in [1.82, 2.24) is 4.90 Å². The van der Waals surface area contributed by atoms with E-state index in [1.54, 1.807) is 22.0 Å². The Morgan fingerprint density at radius 1 is 1.13 bits per heavy atom. The van der Waals surface area contributed by atoms with Crippen LogP contribution in [0, 0.1) is 31.6 Å². The Balaban J connectivity index is 1.64. The van der Waals surface area contributed by atoms with Crippen molar-refractivity contribution in [3.8, 4) is 0 Å². The molecule has 7 atom stereocenters. The second-order valence-corrected chi connectivity index (χ2v) is 13.1. The molecule has 3 saturated heterocycles. The number of aliphatic hydroxyl groups is 1. The maximum atomic E-state index is 15.1. The molecule has 3 heterocycles. The van der Waals surface area contributed by atoms with Crippen LogP contribution in [0.5, 0.6) is 0 Å². The Labute approximate surface area is 266 Å². The number of rotatable bonds is 13. The third-order valence-corrected chi connectivity index (χ3v) is 10.2. The van der Waals surface area contributed by atoms with Crippen molar-refractivity contribution in [3.05, 3.63) is 90.5 Å². The van der Waals surface area contributed by atoms with Crippen molar-refractivity contribution < 1.29 is 29.0 Å². The summed E-state index contributed by atoms with van der Waals surface area (Å²) >= 11 is 0. The number of allylic oxidation sites excluding steroid dienone is 1. The average Bonchev–Trinajstić information content (AvgIpc) is 3.54. The average molecular weight is 615 g/mol. The van der Waals surface area contributed by atoms with Crippen LogP contribution in [0.3, 0.4) is 0 Å². The predicted octanol–water partition coefficient (Wildman–Crippen LogP) is 4.95. The number of benzene rings is 2. The summed E-state index contributed by atoms with van der Waals surface area (Å²) < 4.78 is 12.7. The van der Waals surface area contributed by atoms with Gasteiger partial charge in [0.05, 0.1) is 30.8 Å². The summed E-state index contributed by atoms with van der Waals surface area (Å²) in [4.78, 5) is 47.0. The smallest absolute Gasteiger partial charge is 0.312 e. The van der Waals surface area contributed by atoms with Crippen LogP contribution >= 0.6 is 0 Å². The van der Waals surface area contributed by atoms with Gasteiger partial charge < -0.3 is 24.4 Å². The zero-order valence-electron chi connectivity index (χ0n) is 26.9. The van der Waals surface area contributed by atoms with Gasteiger partial charge in [-0.3, -0.25) is 14.4 Å². The van der Waals surface area contributed by atoms with E-state index >= 15 is 4.79 Å². The van der Waals surface area contributed by atoms with Crippen LogP contribution in [0.15, 0.2) is 73.8 Å². The Hall–Kier alpha value is -3.75. The Bertz CT molecular complexity index is 1440. The molecule has 3 unspecified atom stereocenters. The van der Waals surface area contributed by atoms with Crippen molar-refractivity contribution in [3.63, 3.8) is 0 Å². The lowest BCUT2D eigenvalue weighted by Gasteiger charge is -2.40. The van der Waals surface area contributed by atoms with Crippen molar-refractivity contribution in [1.29, 1.82) is 0 Å². The summed E-state index contributed by atoms with van der Waals surface area (Å²) in [6.45, 7) is 15.5. The van der Waals surface area contributed by atoms with E-state index in [0.29, 0.717) is 25.7 Å². The minimum Gasteiger partial charge on any atom is -0.465 e. The molecule has 1 spiro atoms. The first-order valence-electron chi connectivity index (χ1n) is 16.0. The predicted molar refractivity (Wildman–Crippen MR) is 173 cm³/mol. The maximum absolute atomic E-state index is 15.1. The molecule has 0 aromatic heterocycles. The van der Waals surface area contributed by atoms with Gasteiger partial charge in [-0.25, -0.2) is 0 Å². The van der Waals surface area contributed by atoms with Crippen molar-refractivity contribution in [2.24, 2.45) is 17.8 Å². The molecule has 0 saturated carbocycles. The maximum Gasteiger partial charge on any atom is 0.312 e. The van der Waals surface area contributed by atoms with Crippen molar-refractivity contribution >= 4 is 23.5 Å². The number of aryl methyl sites for hydroxylation is 2. The van der Waals surface area contributed by atoms with Gasteiger partial charge in [0.2, 0.25) is 5.91 Å². The van der Waals surface area contributed by atoms with Gasteiger partial charge in [-0.2, -0.15) is 0 Å². The molecule has 0 radical (unpaired) electrons. The largest absolute Gasteiger partial charge is 0.465 e. The van der Waals surface area contributed by atoms with Crippen LogP contribution in [0.4, 0.5) is 5.69 Å². The lowest BCUT2D eigenvalue weighted by atomic mass is 9.62. The fourth-order valence-electron chi connectivity index (χ4n) is 8.13. The van der Waals surface area contributed by atoms with Gasteiger partial charge in [0.15, 0.2) is 0 Å². The van der Waals surface area contributed by atoms with Gasteiger partial charge in [0, 0.05) is 12.2 Å². The molecule has 2 amide bonds. The monoisotopic (exact) mass is 614 g/mol. The number of aliphatic hydroxyl groups excluding tert-OH is 1. The van der Waals surface area contributed by atoms with Crippen LogP contribution in [-0.2, 0) is 30.3 Å². The molecule has 3 aliphatic rings. The topological polar surface area (TPSA) is 96.4 Å². The fourth-order valence-corrected chi connectivity index (χ4v) is 8.13. The third-order valence-electron chi connectivity index (χ3n) is 10.2. The molecule has 2 aromatic carbocycles. The van der Waals surface area contributed by atoms with Crippen LogP contribution in [0.2, 0.25) is 0 Å². The van der Waals surface area contributed by atoms with Crippen molar-refractivity contribution in [2.75, 3.05) is 24.7 Å². The first-order chi connectivity index (χ1) is 21.5. The SMILES string of the molecule is C=CCCCOC(=O)[C@@H]1[C@H]2C(=O)N([C@@H](CO)Cc3ccccc3)C(C(=O)N(CC=C)c3c(C)cccc3C)C23CC(C)[C@@]1(C)O3.